The van der Waals surface area contributed by atoms with Crippen LogP contribution in [0.3, 0.4) is 0 Å². The SMILES string of the molecule is COc1ccc(CNC(=O)[C@H](C)N(C)Cc2ccc(N(C)C)cc2)cc1. The first-order valence-corrected chi connectivity index (χ1v) is 8.78. The van der Waals surface area contributed by atoms with Crippen molar-refractivity contribution < 1.29 is 9.53 Å². The lowest BCUT2D eigenvalue weighted by atomic mass is 10.1. The number of methoxy groups -OCH3 is 1. The van der Waals surface area contributed by atoms with Gasteiger partial charge in [0.2, 0.25) is 5.91 Å². The largest absolute Gasteiger partial charge is 0.497 e. The third-order valence-electron chi connectivity index (χ3n) is 4.55. The molecular formula is C21H29N3O2. The molecule has 1 amide bonds. The van der Waals surface area contributed by atoms with E-state index in [4.69, 9.17) is 4.74 Å². The summed E-state index contributed by atoms with van der Waals surface area (Å²) in [7, 11) is 7.66. The first-order chi connectivity index (χ1) is 12.4. The van der Waals surface area contributed by atoms with E-state index >= 15 is 0 Å². The summed E-state index contributed by atoms with van der Waals surface area (Å²) in [4.78, 5) is 16.6. The van der Waals surface area contributed by atoms with E-state index in [0.29, 0.717) is 6.54 Å². The summed E-state index contributed by atoms with van der Waals surface area (Å²) in [5, 5.41) is 3.00. The van der Waals surface area contributed by atoms with Gasteiger partial charge >= 0.3 is 0 Å². The second-order valence-corrected chi connectivity index (χ2v) is 6.72. The molecule has 5 heteroatoms. The Bertz CT molecular complexity index is 696. The maximum absolute atomic E-state index is 12.4. The number of benzene rings is 2. The normalized spacial score (nSPS) is 11.9. The van der Waals surface area contributed by atoms with E-state index < -0.39 is 0 Å². The molecule has 1 N–H and O–H groups in total. The van der Waals surface area contributed by atoms with Crippen molar-refractivity contribution in [2.75, 3.05) is 33.2 Å². The Morgan fingerprint density at radius 2 is 1.58 bits per heavy atom. The molecule has 0 unspecified atom stereocenters. The molecular weight excluding hydrogens is 326 g/mol. The van der Waals surface area contributed by atoms with Crippen LogP contribution in [0, 0.1) is 0 Å². The first kappa shape index (κ1) is 19.8. The Labute approximate surface area is 156 Å². The van der Waals surface area contributed by atoms with Crippen LogP contribution in [0.15, 0.2) is 48.5 Å². The van der Waals surface area contributed by atoms with Crippen molar-refractivity contribution >= 4 is 11.6 Å². The average molecular weight is 355 g/mol. The second kappa shape index (κ2) is 9.25. The van der Waals surface area contributed by atoms with Crippen LogP contribution < -0.4 is 15.0 Å². The summed E-state index contributed by atoms with van der Waals surface area (Å²) in [6.45, 7) is 3.17. The Hall–Kier alpha value is -2.53. The molecule has 0 aliphatic heterocycles. The molecule has 2 aromatic rings. The van der Waals surface area contributed by atoms with Gasteiger partial charge in [0.25, 0.3) is 0 Å². The predicted molar refractivity (Wildman–Crippen MR) is 107 cm³/mol. The number of hydrogen-bond donors (Lipinski definition) is 1. The van der Waals surface area contributed by atoms with Gasteiger partial charge in [0.1, 0.15) is 5.75 Å². The molecule has 0 saturated heterocycles. The minimum absolute atomic E-state index is 0.0215. The Balaban J connectivity index is 1.85. The zero-order valence-corrected chi connectivity index (χ0v) is 16.3. The van der Waals surface area contributed by atoms with Gasteiger partial charge in [0.05, 0.1) is 13.2 Å². The molecule has 0 bridgehead atoms. The van der Waals surface area contributed by atoms with Gasteiger partial charge in [-0.3, -0.25) is 9.69 Å². The highest BCUT2D eigenvalue weighted by Gasteiger charge is 2.17. The molecule has 0 heterocycles. The summed E-state index contributed by atoms with van der Waals surface area (Å²) < 4.78 is 5.14. The molecule has 1 atom stereocenters. The van der Waals surface area contributed by atoms with Crippen LogP contribution in [-0.2, 0) is 17.9 Å². The fraction of sp³-hybridized carbons (Fsp3) is 0.381. The highest BCUT2D eigenvalue weighted by atomic mass is 16.5. The number of hydrogen-bond acceptors (Lipinski definition) is 4. The summed E-state index contributed by atoms with van der Waals surface area (Å²) in [6.07, 6.45) is 0. The standard InChI is InChI=1S/C21H29N3O2/c1-16(21(25)22-14-17-8-12-20(26-5)13-9-17)24(4)15-18-6-10-19(11-7-18)23(2)3/h6-13,16H,14-15H2,1-5H3,(H,22,25)/t16-/m0/s1. The first-order valence-electron chi connectivity index (χ1n) is 8.78. The van der Waals surface area contributed by atoms with E-state index in [9.17, 15) is 4.79 Å². The zero-order chi connectivity index (χ0) is 19.1. The quantitative estimate of drug-likeness (QED) is 0.791. The van der Waals surface area contributed by atoms with Gasteiger partial charge < -0.3 is 15.0 Å². The van der Waals surface area contributed by atoms with E-state index in [1.807, 2.05) is 57.2 Å². The van der Waals surface area contributed by atoms with Gasteiger partial charge in [-0.05, 0) is 49.4 Å². The van der Waals surface area contributed by atoms with E-state index in [0.717, 1.165) is 17.9 Å². The number of likely N-dealkylation sites (N-methyl/N-ethyl adjacent to an activating group) is 1. The van der Waals surface area contributed by atoms with Crippen LogP contribution in [-0.4, -0.2) is 45.1 Å². The van der Waals surface area contributed by atoms with E-state index in [1.165, 1.54) is 11.3 Å². The van der Waals surface area contributed by atoms with Crippen LogP contribution >= 0.6 is 0 Å². The third kappa shape index (κ3) is 5.49. The highest BCUT2D eigenvalue weighted by molar-refractivity contribution is 5.81. The Kier molecular flexibility index (Phi) is 7.04. The van der Waals surface area contributed by atoms with Crippen molar-refractivity contribution in [2.45, 2.75) is 26.1 Å². The van der Waals surface area contributed by atoms with Gasteiger partial charge in [-0.2, -0.15) is 0 Å². The maximum atomic E-state index is 12.4. The molecule has 5 nitrogen and oxygen atoms in total. The topological polar surface area (TPSA) is 44.8 Å². The highest BCUT2D eigenvalue weighted by Crippen LogP contribution is 2.14. The number of amides is 1. The van der Waals surface area contributed by atoms with Gasteiger partial charge in [-0.15, -0.1) is 0 Å². The lowest BCUT2D eigenvalue weighted by Gasteiger charge is -2.24. The van der Waals surface area contributed by atoms with Crippen LogP contribution in [0.2, 0.25) is 0 Å². The number of rotatable bonds is 8. The molecule has 0 radical (unpaired) electrons. The van der Waals surface area contributed by atoms with Crippen molar-refractivity contribution in [1.29, 1.82) is 0 Å². The lowest BCUT2D eigenvalue weighted by molar-refractivity contribution is -0.125. The van der Waals surface area contributed by atoms with Crippen LogP contribution in [0.5, 0.6) is 5.75 Å². The molecule has 2 aromatic carbocycles. The summed E-state index contributed by atoms with van der Waals surface area (Å²) in [6, 6.07) is 15.9. The van der Waals surface area contributed by atoms with E-state index in [-0.39, 0.29) is 11.9 Å². The van der Waals surface area contributed by atoms with Crippen molar-refractivity contribution in [3.63, 3.8) is 0 Å². The monoisotopic (exact) mass is 355 g/mol. The molecule has 140 valence electrons. The summed E-state index contributed by atoms with van der Waals surface area (Å²) in [5.74, 6) is 0.835. The van der Waals surface area contributed by atoms with Gasteiger partial charge in [0, 0.05) is 32.9 Å². The Morgan fingerprint density at radius 3 is 2.12 bits per heavy atom. The fourth-order valence-corrected chi connectivity index (χ4v) is 2.60. The Morgan fingerprint density at radius 1 is 1.00 bits per heavy atom. The molecule has 0 fully saturated rings. The smallest absolute Gasteiger partial charge is 0.237 e. The average Bonchev–Trinajstić information content (AvgIpc) is 2.66. The molecule has 0 aliphatic carbocycles. The minimum atomic E-state index is -0.207. The molecule has 0 saturated carbocycles. The number of carbonyl (C=O) groups excluding carboxylic acids is 1. The summed E-state index contributed by atoms with van der Waals surface area (Å²) in [5.41, 5.74) is 3.41. The van der Waals surface area contributed by atoms with Crippen LogP contribution in [0.1, 0.15) is 18.1 Å². The molecule has 26 heavy (non-hydrogen) atoms. The van der Waals surface area contributed by atoms with Crippen molar-refractivity contribution in [3.8, 4) is 5.75 Å². The van der Waals surface area contributed by atoms with Gasteiger partial charge in [-0.25, -0.2) is 0 Å². The van der Waals surface area contributed by atoms with Crippen LogP contribution in [0.25, 0.3) is 0 Å². The lowest BCUT2D eigenvalue weighted by Crippen LogP contribution is -2.42. The number of nitrogens with one attached hydrogen (secondary N) is 1. The maximum Gasteiger partial charge on any atom is 0.237 e. The third-order valence-corrected chi connectivity index (χ3v) is 4.55. The molecule has 0 aliphatic rings. The molecule has 0 spiro atoms. The zero-order valence-electron chi connectivity index (χ0n) is 16.3. The fourth-order valence-electron chi connectivity index (χ4n) is 2.60. The number of ether oxygens (including phenoxy) is 1. The van der Waals surface area contributed by atoms with Crippen molar-refractivity contribution in [1.82, 2.24) is 10.2 Å². The second-order valence-electron chi connectivity index (χ2n) is 6.72. The van der Waals surface area contributed by atoms with Gasteiger partial charge in [-0.1, -0.05) is 24.3 Å². The number of nitrogens with zero attached hydrogens (tertiary/aromatic N) is 2. The van der Waals surface area contributed by atoms with E-state index in [1.54, 1.807) is 7.11 Å². The summed E-state index contributed by atoms with van der Waals surface area (Å²) >= 11 is 0. The van der Waals surface area contributed by atoms with E-state index in [2.05, 4.69) is 34.5 Å². The number of carbonyl (C=O) groups is 1. The predicted octanol–water partition coefficient (Wildman–Crippen LogP) is 2.90. The van der Waals surface area contributed by atoms with Crippen LogP contribution in [0.4, 0.5) is 5.69 Å². The minimum Gasteiger partial charge on any atom is -0.497 e. The molecule has 2 rings (SSSR count). The molecule has 0 aromatic heterocycles. The number of anilines is 1. The van der Waals surface area contributed by atoms with Gasteiger partial charge in [0.15, 0.2) is 0 Å². The van der Waals surface area contributed by atoms with Crippen molar-refractivity contribution in [3.05, 3.63) is 59.7 Å². The van der Waals surface area contributed by atoms with Crippen molar-refractivity contribution in [2.24, 2.45) is 0 Å².